The van der Waals surface area contributed by atoms with E-state index in [0.29, 0.717) is 25.1 Å². The van der Waals surface area contributed by atoms with Gasteiger partial charge in [-0.05, 0) is 40.9 Å². The summed E-state index contributed by atoms with van der Waals surface area (Å²) in [5, 5.41) is 21.0. The van der Waals surface area contributed by atoms with Crippen molar-refractivity contribution in [3.8, 4) is 6.07 Å². The normalized spacial score (nSPS) is 11.9. The molecule has 17 heavy (non-hydrogen) atoms. The monoisotopic (exact) mass is 300 g/mol. The summed E-state index contributed by atoms with van der Waals surface area (Å²) in [6.45, 7) is 2.38. The summed E-state index contributed by atoms with van der Waals surface area (Å²) in [5.41, 5.74) is 0.598. The Hall–Kier alpha value is -1.12. The first-order chi connectivity index (χ1) is 8.10. The Balaban J connectivity index is 2.67. The van der Waals surface area contributed by atoms with Gasteiger partial charge >= 0.3 is 0 Å². The number of hydrogen-bond acceptors (Lipinski definition) is 3. The number of nitriles is 1. The van der Waals surface area contributed by atoms with Gasteiger partial charge in [-0.2, -0.15) is 5.26 Å². The number of rotatable bonds is 5. The van der Waals surface area contributed by atoms with Gasteiger partial charge in [0.1, 0.15) is 6.07 Å². The van der Waals surface area contributed by atoms with E-state index in [2.05, 4.69) is 21.2 Å². The summed E-state index contributed by atoms with van der Waals surface area (Å²) < 4.78 is 13.9. The summed E-state index contributed by atoms with van der Waals surface area (Å²) in [7, 11) is 0. The second-order valence-electron chi connectivity index (χ2n) is 3.68. The standard InChI is InChI=1S/C12H14BrFN2O/c1-2-9(17)5-6-16-10-4-3-8(7-15)11(13)12(10)14/h3-4,9,16-17H,2,5-6H2,1H3. The molecule has 1 rings (SSSR count). The molecular formula is C12H14BrFN2O. The fraction of sp³-hybridized carbons (Fsp3) is 0.417. The molecular weight excluding hydrogens is 287 g/mol. The van der Waals surface area contributed by atoms with Crippen molar-refractivity contribution in [2.45, 2.75) is 25.9 Å². The predicted octanol–water partition coefficient (Wildman–Crippen LogP) is 3.03. The number of halogens is 2. The van der Waals surface area contributed by atoms with E-state index >= 15 is 0 Å². The van der Waals surface area contributed by atoms with E-state index in [4.69, 9.17) is 5.26 Å². The molecule has 0 fully saturated rings. The van der Waals surface area contributed by atoms with Gasteiger partial charge in [0.25, 0.3) is 0 Å². The summed E-state index contributed by atoms with van der Waals surface area (Å²) in [6.07, 6.45) is 0.877. The Bertz CT molecular complexity index is 431. The number of hydrogen-bond donors (Lipinski definition) is 2. The third kappa shape index (κ3) is 3.69. The molecule has 0 aliphatic rings. The number of aliphatic hydroxyl groups is 1. The van der Waals surface area contributed by atoms with E-state index in [9.17, 15) is 9.50 Å². The second kappa shape index (κ2) is 6.58. The molecule has 5 heteroatoms. The van der Waals surface area contributed by atoms with E-state index in [1.165, 1.54) is 6.07 Å². The molecule has 0 saturated heterocycles. The van der Waals surface area contributed by atoms with Crippen LogP contribution in [0.3, 0.4) is 0 Å². The van der Waals surface area contributed by atoms with Crippen LogP contribution in [-0.4, -0.2) is 17.8 Å². The number of anilines is 1. The summed E-state index contributed by atoms with van der Waals surface area (Å²) in [5.74, 6) is -0.477. The molecule has 0 heterocycles. The highest BCUT2D eigenvalue weighted by molar-refractivity contribution is 9.10. The first kappa shape index (κ1) is 13.9. The molecule has 1 atom stereocenters. The minimum absolute atomic E-state index is 0.168. The Kier molecular flexibility index (Phi) is 5.39. The lowest BCUT2D eigenvalue weighted by Crippen LogP contribution is -2.13. The largest absolute Gasteiger partial charge is 0.393 e. The highest BCUT2D eigenvalue weighted by atomic mass is 79.9. The van der Waals surface area contributed by atoms with E-state index in [-0.39, 0.29) is 16.1 Å². The molecule has 0 aromatic heterocycles. The summed E-state index contributed by atoms with van der Waals surface area (Å²) in [4.78, 5) is 0. The van der Waals surface area contributed by atoms with Gasteiger partial charge in [-0.1, -0.05) is 6.92 Å². The Morgan fingerprint density at radius 3 is 2.88 bits per heavy atom. The van der Waals surface area contributed by atoms with Crippen molar-refractivity contribution in [2.75, 3.05) is 11.9 Å². The molecule has 0 radical (unpaired) electrons. The smallest absolute Gasteiger partial charge is 0.161 e. The van der Waals surface area contributed by atoms with E-state index in [1.54, 1.807) is 6.07 Å². The average molecular weight is 301 g/mol. The molecule has 2 N–H and O–H groups in total. The highest BCUT2D eigenvalue weighted by Crippen LogP contribution is 2.26. The zero-order valence-corrected chi connectivity index (χ0v) is 11.1. The molecule has 0 spiro atoms. The Morgan fingerprint density at radius 1 is 1.59 bits per heavy atom. The fourth-order valence-corrected chi connectivity index (χ4v) is 1.78. The number of aliphatic hydroxyl groups excluding tert-OH is 1. The van der Waals surface area contributed by atoms with Crippen LogP contribution in [0, 0.1) is 17.1 Å². The molecule has 92 valence electrons. The molecule has 0 bridgehead atoms. The first-order valence-corrected chi connectivity index (χ1v) is 6.19. The van der Waals surface area contributed by atoms with Crippen molar-refractivity contribution in [3.63, 3.8) is 0 Å². The van der Waals surface area contributed by atoms with Crippen molar-refractivity contribution in [1.29, 1.82) is 5.26 Å². The average Bonchev–Trinajstić information content (AvgIpc) is 2.34. The summed E-state index contributed by atoms with van der Waals surface area (Å²) in [6, 6.07) is 4.96. The van der Waals surface area contributed by atoms with Crippen LogP contribution in [0.25, 0.3) is 0 Å². The maximum Gasteiger partial charge on any atom is 0.161 e. The quantitative estimate of drug-likeness (QED) is 0.879. The third-order valence-corrected chi connectivity index (χ3v) is 3.24. The van der Waals surface area contributed by atoms with Gasteiger partial charge in [0.15, 0.2) is 5.82 Å². The maximum absolute atomic E-state index is 13.7. The Morgan fingerprint density at radius 2 is 2.29 bits per heavy atom. The second-order valence-corrected chi connectivity index (χ2v) is 4.47. The predicted molar refractivity (Wildman–Crippen MR) is 68.2 cm³/mol. The molecule has 1 unspecified atom stereocenters. The van der Waals surface area contributed by atoms with Crippen LogP contribution in [0.1, 0.15) is 25.3 Å². The lowest BCUT2D eigenvalue weighted by atomic mass is 10.2. The number of nitrogens with zero attached hydrogens (tertiary/aromatic N) is 1. The molecule has 0 aliphatic heterocycles. The van der Waals surface area contributed by atoms with Gasteiger partial charge in [0.2, 0.25) is 0 Å². The third-order valence-electron chi connectivity index (χ3n) is 2.47. The summed E-state index contributed by atoms with van der Waals surface area (Å²) >= 11 is 3.04. The van der Waals surface area contributed by atoms with Crippen LogP contribution in [0.2, 0.25) is 0 Å². The van der Waals surface area contributed by atoms with Crippen LogP contribution >= 0.6 is 15.9 Å². The highest BCUT2D eigenvalue weighted by Gasteiger charge is 2.10. The van der Waals surface area contributed by atoms with Crippen molar-refractivity contribution in [1.82, 2.24) is 0 Å². The van der Waals surface area contributed by atoms with Crippen LogP contribution in [0.15, 0.2) is 16.6 Å². The first-order valence-electron chi connectivity index (χ1n) is 5.40. The van der Waals surface area contributed by atoms with Crippen LogP contribution < -0.4 is 5.32 Å². The van der Waals surface area contributed by atoms with Crippen molar-refractivity contribution < 1.29 is 9.50 Å². The maximum atomic E-state index is 13.7. The molecule has 0 aliphatic carbocycles. The number of nitrogens with one attached hydrogen (secondary N) is 1. The molecule has 1 aromatic carbocycles. The zero-order valence-electron chi connectivity index (χ0n) is 9.50. The topological polar surface area (TPSA) is 56.0 Å². The SMILES string of the molecule is CCC(O)CCNc1ccc(C#N)c(Br)c1F. The molecule has 0 saturated carbocycles. The number of benzene rings is 1. The lowest BCUT2D eigenvalue weighted by Gasteiger charge is -2.11. The minimum atomic E-state index is -0.477. The van der Waals surface area contributed by atoms with Gasteiger partial charge in [-0.15, -0.1) is 0 Å². The zero-order chi connectivity index (χ0) is 12.8. The van der Waals surface area contributed by atoms with Crippen molar-refractivity contribution >= 4 is 21.6 Å². The molecule has 3 nitrogen and oxygen atoms in total. The van der Waals surface area contributed by atoms with Crippen LogP contribution in [-0.2, 0) is 0 Å². The molecule has 1 aromatic rings. The van der Waals surface area contributed by atoms with Crippen molar-refractivity contribution in [3.05, 3.63) is 28.0 Å². The fourth-order valence-electron chi connectivity index (χ4n) is 1.35. The molecule has 0 amide bonds. The Labute approximate surface area is 108 Å². The van der Waals surface area contributed by atoms with E-state index in [1.807, 2.05) is 13.0 Å². The van der Waals surface area contributed by atoms with Gasteiger partial charge in [-0.3, -0.25) is 0 Å². The van der Waals surface area contributed by atoms with Crippen LogP contribution in [0.4, 0.5) is 10.1 Å². The van der Waals surface area contributed by atoms with Gasteiger partial charge in [0, 0.05) is 6.54 Å². The minimum Gasteiger partial charge on any atom is -0.393 e. The van der Waals surface area contributed by atoms with Gasteiger partial charge < -0.3 is 10.4 Å². The lowest BCUT2D eigenvalue weighted by molar-refractivity contribution is 0.164. The van der Waals surface area contributed by atoms with E-state index < -0.39 is 5.82 Å². The van der Waals surface area contributed by atoms with Crippen molar-refractivity contribution in [2.24, 2.45) is 0 Å². The van der Waals surface area contributed by atoms with Gasteiger partial charge in [0.05, 0.1) is 21.8 Å². The van der Waals surface area contributed by atoms with Crippen LogP contribution in [0.5, 0.6) is 0 Å². The van der Waals surface area contributed by atoms with E-state index in [0.717, 1.165) is 0 Å². The van der Waals surface area contributed by atoms with Gasteiger partial charge in [-0.25, -0.2) is 4.39 Å².